The summed E-state index contributed by atoms with van der Waals surface area (Å²) in [7, 11) is 0. The summed E-state index contributed by atoms with van der Waals surface area (Å²) < 4.78 is 53.7. The van der Waals surface area contributed by atoms with Crippen molar-refractivity contribution >= 4 is 30.0 Å². The Hall–Kier alpha value is -1.54. The number of carbonyl (C=O) groups excluding carboxylic acids is 3. The van der Waals surface area contributed by atoms with Crippen molar-refractivity contribution in [3.63, 3.8) is 0 Å². The molecule has 10 nitrogen and oxygen atoms in total. The lowest BCUT2D eigenvalue weighted by Gasteiger charge is -2.60. The molecule has 6 aliphatic carbocycles. The Kier molecular flexibility index (Phi) is 6.03. The molecule has 0 spiro atoms. The summed E-state index contributed by atoms with van der Waals surface area (Å²) in [5.74, 6) is -0.888. The second kappa shape index (κ2) is 8.75. The molecule has 0 aromatic carbocycles. The molecule has 0 amide bonds. The van der Waals surface area contributed by atoms with E-state index in [0.717, 1.165) is 12.8 Å². The molecule has 13 heteroatoms. The highest BCUT2D eigenvalue weighted by Gasteiger charge is 2.64. The highest BCUT2D eigenvalue weighted by Crippen LogP contribution is 2.63. The summed E-state index contributed by atoms with van der Waals surface area (Å²) in [6.45, 7) is -1.51. The molecule has 0 aromatic rings. The fourth-order valence-electron chi connectivity index (χ4n) is 8.44. The highest BCUT2D eigenvalue weighted by molar-refractivity contribution is 7.95. The van der Waals surface area contributed by atoms with Crippen LogP contribution in [0.25, 0.3) is 0 Å². The van der Waals surface area contributed by atoms with Gasteiger partial charge in [0.15, 0.2) is 6.61 Å². The molecule has 0 aromatic heterocycles. The van der Waals surface area contributed by atoms with Crippen LogP contribution >= 0.6 is 12.0 Å². The molecule has 1 aliphatic heterocycles. The second-order valence-corrected chi connectivity index (χ2v) is 12.4. The first kappa shape index (κ1) is 24.8. The third-order valence-electron chi connectivity index (χ3n) is 9.18. The van der Waals surface area contributed by atoms with Crippen molar-refractivity contribution in [3.8, 4) is 0 Å². The van der Waals surface area contributed by atoms with Crippen LogP contribution in [0, 0.1) is 35.0 Å². The average molecular weight is 535 g/mol. The minimum Gasteiger partial charge on any atom is -0.458 e. The number of alkyl halides is 2. The van der Waals surface area contributed by atoms with Crippen molar-refractivity contribution in [2.75, 3.05) is 13.2 Å². The van der Waals surface area contributed by atoms with Crippen LogP contribution < -0.4 is 0 Å². The van der Waals surface area contributed by atoms with E-state index in [1.807, 2.05) is 0 Å². The molecule has 200 valence electrons. The lowest BCUT2D eigenvalue weighted by Crippen LogP contribution is -2.60. The van der Waals surface area contributed by atoms with Crippen molar-refractivity contribution in [1.82, 2.24) is 0 Å². The number of ether oxygens (including phenoxy) is 4. The molecule has 1 N–H and O–H groups in total. The summed E-state index contributed by atoms with van der Waals surface area (Å²) in [6, 6.07) is 0. The Balaban J connectivity index is 1.07. The predicted octanol–water partition coefficient (Wildman–Crippen LogP) is 3.04. The Labute approximate surface area is 209 Å². The van der Waals surface area contributed by atoms with E-state index in [4.69, 9.17) is 24.2 Å². The number of fused-ring (bicyclic) bond motifs is 1. The molecule has 7 rings (SSSR count). The molecular weight excluding hydrogens is 506 g/mol. The van der Waals surface area contributed by atoms with Crippen LogP contribution in [0.1, 0.15) is 51.4 Å². The first-order valence-corrected chi connectivity index (χ1v) is 13.1. The van der Waals surface area contributed by atoms with Crippen LogP contribution in [-0.2, 0) is 42.7 Å². The van der Waals surface area contributed by atoms with E-state index >= 15 is 0 Å². The molecule has 6 saturated carbocycles. The van der Waals surface area contributed by atoms with Gasteiger partial charge in [-0.25, -0.2) is 10.1 Å². The van der Waals surface area contributed by atoms with Crippen LogP contribution in [0.5, 0.6) is 0 Å². The van der Waals surface area contributed by atoms with Gasteiger partial charge >= 0.3 is 23.2 Å². The Morgan fingerprint density at radius 3 is 2.61 bits per heavy atom. The molecule has 7 fully saturated rings. The first-order chi connectivity index (χ1) is 17.1. The van der Waals surface area contributed by atoms with Gasteiger partial charge in [-0.15, -0.1) is 4.33 Å². The van der Waals surface area contributed by atoms with Gasteiger partial charge < -0.3 is 18.9 Å². The largest absolute Gasteiger partial charge is 0.458 e. The fraction of sp³-hybridized carbons (Fsp3) is 0.870. The van der Waals surface area contributed by atoms with Crippen LogP contribution in [0.4, 0.5) is 8.78 Å². The average Bonchev–Trinajstić information content (AvgIpc) is 3.45. The van der Waals surface area contributed by atoms with E-state index in [9.17, 15) is 23.2 Å². The third kappa shape index (κ3) is 4.20. The summed E-state index contributed by atoms with van der Waals surface area (Å²) in [5, 5.41) is 7.65. The molecule has 7 atom stereocenters. The van der Waals surface area contributed by atoms with Gasteiger partial charge in [0, 0.05) is 11.8 Å². The lowest BCUT2D eigenvalue weighted by molar-refractivity contribution is -0.433. The molecular formula is C23H28F2O10S. The van der Waals surface area contributed by atoms with Crippen LogP contribution in [0.2, 0.25) is 0 Å². The molecule has 7 unspecified atom stereocenters. The summed E-state index contributed by atoms with van der Waals surface area (Å²) in [4.78, 5) is 37.7. The zero-order valence-electron chi connectivity index (χ0n) is 19.4. The smallest absolute Gasteiger partial charge is 0.354 e. The van der Waals surface area contributed by atoms with Crippen molar-refractivity contribution in [1.29, 1.82) is 0 Å². The normalized spacial score (nSPS) is 43.6. The Bertz CT molecular complexity index is 932. The lowest BCUT2D eigenvalue weighted by atomic mass is 9.48. The van der Waals surface area contributed by atoms with Crippen LogP contribution in [0.15, 0.2) is 0 Å². The van der Waals surface area contributed by atoms with Crippen LogP contribution in [0.3, 0.4) is 0 Å². The maximum atomic E-state index is 13.8. The van der Waals surface area contributed by atoms with Crippen molar-refractivity contribution in [2.45, 2.75) is 74.4 Å². The monoisotopic (exact) mass is 534 g/mol. The molecule has 6 bridgehead atoms. The molecule has 1 heterocycles. The number of rotatable bonds is 10. The number of halogens is 2. The summed E-state index contributed by atoms with van der Waals surface area (Å²) in [6.07, 6.45) is 4.38. The van der Waals surface area contributed by atoms with Gasteiger partial charge in [-0.3, -0.25) is 9.59 Å². The van der Waals surface area contributed by atoms with Gasteiger partial charge in [0.25, 0.3) is 0 Å². The SMILES string of the molecule is O=C(COC12CC3CC(C1)CC(C(=O)OCC(F)(F)SOOO)(C3)C2)OC1C2CC3C(=O)OC1C3C2. The maximum Gasteiger partial charge on any atom is 0.354 e. The van der Waals surface area contributed by atoms with Gasteiger partial charge in [0.05, 0.1) is 16.9 Å². The summed E-state index contributed by atoms with van der Waals surface area (Å²) in [5.41, 5.74) is -1.66. The van der Waals surface area contributed by atoms with Crippen molar-refractivity contribution in [3.05, 3.63) is 0 Å². The minimum atomic E-state index is -3.61. The number of esters is 3. The zero-order valence-corrected chi connectivity index (χ0v) is 20.2. The van der Waals surface area contributed by atoms with E-state index in [-0.39, 0.29) is 48.3 Å². The molecule has 36 heavy (non-hydrogen) atoms. The number of carbonyl (C=O) groups is 3. The van der Waals surface area contributed by atoms with E-state index in [1.54, 1.807) is 0 Å². The Morgan fingerprint density at radius 1 is 1.14 bits per heavy atom. The number of hydrogen-bond donors (Lipinski definition) is 1. The maximum absolute atomic E-state index is 13.8. The van der Waals surface area contributed by atoms with E-state index < -0.39 is 53.0 Å². The van der Waals surface area contributed by atoms with Crippen LogP contribution in [-0.4, -0.2) is 59.4 Å². The standard InChI is InChI=1S/C23H28F2O10S/c24-23(25,36-35-34-29)10-30-20(28)21-4-11-1-12(5-21)7-22(6-11,9-21)31-8-16(26)32-17-13-2-14-15(3-13)19(27)33-18(14)17/h11-15,17-18,29H,1-10H2. The van der Waals surface area contributed by atoms with Gasteiger partial charge in [0.2, 0.25) is 0 Å². The molecule has 1 saturated heterocycles. The van der Waals surface area contributed by atoms with Gasteiger partial charge in [0.1, 0.15) is 30.9 Å². The van der Waals surface area contributed by atoms with Gasteiger partial charge in [-0.2, -0.15) is 8.78 Å². The summed E-state index contributed by atoms with van der Waals surface area (Å²) >= 11 is -0.457. The minimum absolute atomic E-state index is 0.0664. The van der Waals surface area contributed by atoms with E-state index in [2.05, 4.69) is 9.37 Å². The third-order valence-corrected chi connectivity index (χ3v) is 9.67. The molecule has 7 aliphatic rings. The highest BCUT2D eigenvalue weighted by atomic mass is 32.2. The van der Waals surface area contributed by atoms with Crippen molar-refractivity contribution in [2.24, 2.45) is 35.0 Å². The molecule has 0 radical (unpaired) electrons. The first-order valence-electron chi connectivity index (χ1n) is 12.4. The van der Waals surface area contributed by atoms with E-state index in [1.165, 1.54) is 0 Å². The van der Waals surface area contributed by atoms with Gasteiger partial charge in [-0.1, -0.05) is 5.04 Å². The predicted molar refractivity (Wildman–Crippen MR) is 114 cm³/mol. The van der Waals surface area contributed by atoms with E-state index in [0.29, 0.717) is 38.5 Å². The topological polar surface area (TPSA) is 127 Å². The second-order valence-electron chi connectivity index (χ2n) is 11.5. The Morgan fingerprint density at radius 2 is 1.89 bits per heavy atom. The number of hydrogen-bond acceptors (Lipinski definition) is 11. The fourth-order valence-corrected chi connectivity index (χ4v) is 8.68. The van der Waals surface area contributed by atoms with Crippen molar-refractivity contribution < 1.29 is 56.7 Å². The zero-order chi connectivity index (χ0) is 25.3. The van der Waals surface area contributed by atoms with Gasteiger partial charge in [-0.05, 0) is 63.2 Å². The quantitative estimate of drug-likeness (QED) is 0.146.